The second-order valence-electron chi connectivity index (χ2n) is 6.57. The van der Waals surface area contributed by atoms with Crippen molar-refractivity contribution in [2.24, 2.45) is 0 Å². The first-order valence-electron chi connectivity index (χ1n) is 8.87. The first-order chi connectivity index (χ1) is 14.0. The van der Waals surface area contributed by atoms with E-state index in [2.05, 4.69) is 15.5 Å². The van der Waals surface area contributed by atoms with Gasteiger partial charge in [-0.15, -0.1) is 10.2 Å². The molecule has 0 saturated heterocycles. The van der Waals surface area contributed by atoms with Crippen LogP contribution in [-0.2, 0) is 0 Å². The molecule has 0 radical (unpaired) electrons. The predicted molar refractivity (Wildman–Crippen MR) is 113 cm³/mol. The summed E-state index contributed by atoms with van der Waals surface area (Å²) < 4.78 is 19.4. The molecule has 0 saturated carbocycles. The zero-order valence-electron chi connectivity index (χ0n) is 15.4. The number of halogens is 3. The minimum atomic E-state index is -0.470. The molecular weight excluding hydrogens is 412 g/mol. The number of nitrogens with zero attached hydrogens (tertiary/aromatic N) is 2. The van der Waals surface area contributed by atoms with Crippen LogP contribution in [0.5, 0.6) is 0 Å². The molecule has 1 aromatic heterocycles. The van der Waals surface area contributed by atoms with Gasteiger partial charge in [0, 0.05) is 10.6 Å². The van der Waals surface area contributed by atoms with Crippen LogP contribution in [0.4, 0.5) is 10.1 Å². The number of hydrogen-bond donors (Lipinski definition) is 1. The van der Waals surface area contributed by atoms with E-state index >= 15 is 0 Å². The van der Waals surface area contributed by atoms with E-state index < -0.39 is 6.04 Å². The van der Waals surface area contributed by atoms with Gasteiger partial charge < -0.3 is 9.73 Å². The minimum Gasteiger partial charge on any atom is -0.418 e. The van der Waals surface area contributed by atoms with Gasteiger partial charge >= 0.3 is 0 Å². The van der Waals surface area contributed by atoms with Crippen molar-refractivity contribution in [2.75, 3.05) is 5.32 Å². The lowest BCUT2D eigenvalue weighted by atomic mass is 10.1. The fraction of sp³-hybridized carbons (Fsp3) is 0.0909. The van der Waals surface area contributed by atoms with E-state index in [0.717, 1.165) is 16.8 Å². The summed E-state index contributed by atoms with van der Waals surface area (Å²) in [6, 6.07) is 18.6. The Morgan fingerprint density at radius 2 is 1.76 bits per heavy atom. The Bertz CT molecular complexity index is 1150. The van der Waals surface area contributed by atoms with Crippen LogP contribution in [0.25, 0.3) is 11.5 Å². The standard InChI is InChI=1S/C22H16Cl2FN3O/c1-13-5-10-19(18(24)11-13)26-20(14-6-8-16(23)9-7-14)22-28-27-21(29-22)15-3-2-4-17(25)12-15/h2-12,20,26H,1H3. The molecule has 4 nitrogen and oxygen atoms in total. The Balaban J connectivity index is 1.73. The summed E-state index contributed by atoms with van der Waals surface area (Å²) >= 11 is 12.4. The maximum atomic E-state index is 13.6. The molecule has 1 heterocycles. The lowest BCUT2D eigenvalue weighted by Gasteiger charge is -2.18. The van der Waals surface area contributed by atoms with Gasteiger partial charge in [0.1, 0.15) is 11.9 Å². The SMILES string of the molecule is Cc1ccc(NC(c2ccc(Cl)cc2)c2nnc(-c3cccc(F)c3)o2)c(Cl)c1. The monoisotopic (exact) mass is 427 g/mol. The zero-order chi connectivity index (χ0) is 20.4. The van der Waals surface area contributed by atoms with Crippen molar-refractivity contribution in [3.63, 3.8) is 0 Å². The molecule has 146 valence electrons. The van der Waals surface area contributed by atoms with Crippen LogP contribution >= 0.6 is 23.2 Å². The highest BCUT2D eigenvalue weighted by Gasteiger charge is 2.22. The van der Waals surface area contributed by atoms with E-state index in [1.807, 2.05) is 37.3 Å². The van der Waals surface area contributed by atoms with Gasteiger partial charge in [-0.25, -0.2) is 4.39 Å². The van der Waals surface area contributed by atoms with E-state index in [-0.39, 0.29) is 11.7 Å². The Morgan fingerprint density at radius 1 is 0.966 bits per heavy atom. The van der Waals surface area contributed by atoms with E-state index in [4.69, 9.17) is 27.6 Å². The average molecular weight is 428 g/mol. The van der Waals surface area contributed by atoms with Gasteiger partial charge in [-0.1, -0.05) is 47.5 Å². The fourth-order valence-electron chi connectivity index (χ4n) is 2.92. The average Bonchev–Trinajstić information content (AvgIpc) is 3.18. The summed E-state index contributed by atoms with van der Waals surface area (Å²) in [6.45, 7) is 1.97. The number of nitrogens with one attached hydrogen (secondary N) is 1. The van der Waals surface area contributed by atoms with Crippen molar-refractivity contribution in [2.45, 2.75) is 13.0 Å². The van der Waals surface area contributed by atoms with Crippen LogP contribution in [0.15, 0.2) is 71.1 Å². The lowest BCUT2D eigenvalue weighted by Crippen LogP contribution is -2.13. The first kappa shape index (κ1) is 19.4. The highest BCUT2D eigenvalue weighted by Crippen LogP contribution is 2.32. The van der Waals surface area contributed by atoms with Crippen LogP contribution < -0.4 is 5.32 Å². The van der Waals surface area contributed by atoms with Gasteiger partial charge in [0.25, 0.3) is 0 Å². The molecule has 1 N–H and O–H groups in total. The van der Waals surface area contributed by atoms with Crippen LogP contribution in [0.1, 0.15) is 23.1 Å². The van der Waals surface area contributed by atoms with Gasteiger partial charge in [-0.05, 0) is 60.5 Å². The second-order valence-corrected chi connectivity index (χ2v) is 7.41. The molecule has 0 spiro atoms. The normalized spacial score (nSPS) is 12.0. The van der Waals surface area contributed by atoms with Crippen molar-refractivity contribution in [3.8, 4) is 11.5 Å². The number of hydrogen-bond acceptors (Lipinski definition) is 4. The Labute approximate surface area is 177 Å². The molecule has 0 amide bonds. The smallest absolute Gasteiger partial charge is 0.247 e. The number of rotatable bonds is 5. The molecule has 1 atom stereocenters. The van der Waals surface area contributed by atoms with E-state index in [1.165, 1.54) is 12.1 Å². The maximum Gasteiger partial charge on any atom is 0.247 e. The third kappa shape index (κ3) is 4.42. The molecule has 0 aliphatic carbocycles. The van der Waals surface area contributed by atoms with Crippen molar-refractivity contribution < 1.29 is 8.81 Å². The zero-order valence-corrected chi connectivity index (χ0v) is 16.9. The highest BCUT2D eigenvalue weighted by atomic mass is 35.5. The third-order valence-electron chi connectivity index (χ3n) is 4.39. The molecule has 0 aliphatic heterocycles. The van der Waals surface area contributed by atoms with Gasteiger partial charge in [-0.3, -0.25) is 0 Å². The number of anilines is 1. The molecule has 4 aromatic rings. The number of benzene rings is 3. The van der Waals surface area contributed by atoms with Crippen LogP contribution in [0, 0.1) is 12.7 Å². The lowest BCUT2D eigenvalue weighted by molar-refractivity contribution is 0.493. The van der Waals surface area contributed by atoms with Crippen molar-refractivity contribution >= 4 is 28.9 Å². The van der Waals surface area contributed by atoms with E-state index in [0.29, 0.717) is 21.5 Å². The molecule has 0 fully saturated rings. The molecule has 0 bridgehead atoms. The Morgan fingerprint density at radius 3 is 2.48 bits per heavy atom. The number of aromatic nitrogens is 2. The Hall–Kier alpha value is -2.89. The number of aryl methyl sites for hydroxylation is 1. The highest BCUT2D eigenvalue weighted by molar-refractivity contribution is 6.33. The van der Waals surface area contributed by atoms with Crippen molar-refractivity contribution in [1.82, 2.24) is 10.2 Å². The van der Waals surface area contributed by atoms with Crippen molar-refractivity contribution in [1.29, 1.82) is 0 Å². The fourth-order valence-corrected chi connectivity index (χ4v) is 3.34. The summed E-state index contributed by atoms with van der Waals surface area (Å²) in [5, 5.41) is 12.8. The third-order valence-corrected chi connectivity index (χ3v) is 4.95. The van der Waals surface area contributed by atoms with Crippen LogP contribution in [0.3, 0.4) is 0 Å². The Kier molecular flexibility index (Phi) is 5.51. The first-order valence-corrected chi connectivity index (χ1v) is 9.63. The van der Waals surface area contributed by atoms with Gasteiger partial charge in [0.05, 0.1) is 10.7 Å². The summed E-state index contributed by atoms with van der Waals surface area (Å²) in [6.07, 6.45) is 0. The summed E-state index contributed by atoms with van der Waals surface area (Å²) in [5.41, 5.74) is 3.14. The molecule has 7 heteroatoms. The minimum absolute atomic E-state index is 0.232. The van der Waals surface area contributed by atoms with Gasteiger partial charge in [-0.2, -0.15) is 0 Å². The molecule has 1 unspecified atom stereocenters. The molecule has 0 aliphatic rings. The van der Waals surface area contributed by atoms with Gasteiger partial charge in [0.2, 0.25) is 11.8 Å². The predicted octanol–water partition coefficient (Wildman–Crippen LogP) is 6.69. The largest absolute Gasteiger partial charge is 0.418 e. The van der Waals surface area contributed by atoms with Crippen LogP contribution in [-0.4, -0.2) is 10.2 Å². The van der Waals surface area contributed by atoms with Crippen molar-refractivity contribution in [3.05, 3.63) is 99.6 Å². The molecule has 29 heavy (non-hydrogen) atoms. The molecule has 4 rings (SSSR count). The van der Waals surface area contributed by atoms with Gasteiger partial charge in [0.15, 0.2) is 0 Å². The van der Waals surface area contributed by atoms with E-state index in [9.17, 15) is 4.39 Å². The maximum absolute atomic E-state index is 13.6. The second kappa shape index (κ2) is 8.23. The molecule has 3 aromatic carbocycles. The quantitative estimate of drug-likeness (QED) is 0.385. The topological polar surface area (TPSA) is 51.0 Å². The summed E-state index contributed by atoms with van der Waals surface area (Å²) in [4.78, 5) is 0. The molecular formula is C22H16Cl2FN3O. The van der Waals surface area contributed by atoms with Crippen LogP contribution in [0.2, 0.25) is 10.0 Å². The van der Waals surface area contributed by atoms with E-state index in [1.54, 1.807) is 24.3 Å². The summed E-state index contributed by atoms with van der Waals surface area (Å²) in [5.74, 6) is 0.180. The summed E-state index contributed by atoms with van der Waals surface area (Å²) in [7, 11) is 0.